The first-order chi connectivity index (χ1) is 13.2. The van der Waals surface area contributed by atoms with Crippen molar-refractivity contribution in [2.24, 2.45) is 5.41 Å². The summed E-state index contributed by atoms with van der Waals surface area (Å²) >= 11 is 0. The lowest BCUT2D eigenvalue weighted by molar-refractivity contribution is 0.0782. The Hall–Kier alpha value is -2.17. The Labute approximate surface area is 162 Å². The van der Waals surface area contributed by atoms with Crippen LogP contribution in [0.4, 0.5) is 5.69 Å². The molecule has 0 spiro atoms. The van der Waals surface area contributed by atoms with Gasteiger partial charge in [0, 0.05) is 36.3 Å². The van der Waals surface area contributed by atoms with Crippen molar-refractivity contribution in [1.82, 2.24) is 5.32 Å². The number of hydrogen-bond donors (Lipinski definition) is 1. The maximum Gasteiger partial charge on any atom is 0.170 e. The van der Waals surface area contributed by atoms with Gasteiger partial charge < -0.3 is 15.0 Å². The minimum absolute atomic E-state index is 0.219. The quantitative estimate of drug-likeness (QED) is 0.725. The Kier molecular flexibility index (Phi) is 6.64. The lowest BCUT2D eigenvalue weighted by Crippen LogP contribution is -2.41. The predicted molar refractivity (Wildman–Crippen MR) is 111 cm³/mol. The molecule has 0 aromatic heterocycles. The summed E-state index contributed by atoms with van der Waals surface area (Å²) in [6.45, 7) is 6.11. The molecule has 0 radical (unpaired) electrons. The molecule has 1 saturated heterocycles. The van der Waals surface area contributed by atoms with Crippen LogP contribution in [0.25, 0.3) is 0 Å². The number of Topliss-reactive ketones (excluding diaryl/α,β-unsaturated/α-hetero) is 1. The molecular weight excluding hydrogens is 336 g/mol. The number of carbonyl (C=O) groups is 1. The van der Waals surface area contributed by atoms with E-state index in [1.807, 2.05) is 37.4 Å². The molecule has 1 N–H and O–H groups in total. The lowest BCUT2D eigenvalue weighted by Gasteiger charge is -2.32. The molecule has 4 nitrogen and oxygen atoms in total. The van der Waals surface area contributed by atoms with Crippen LogP contribution >= 0.6 is 0 Å². The SMILES string of the molecule is CCC(CNC)(Cc1ccccc1)C(=O)c1ccc(N2CCOCC2)cc1. The van der Waals surface area contributed by atoms with Gasteiger partial charge in [0.05, 0.1) is 13.2 Å². The van der Waals surface area contributed by atoms with Crippen LogP contribution in [0, 0.1) is 5.41 Å². The summed E-state index contributed by atoms with van der Waals surface area (Å²) in [5.41, 5.74) is 2.72. The van der Waals surface area contributed by atoms with Gasteiger partial charge in [-0.1, -0.05) is 37.3 Å². The third-order valence-electron chi connectivity index (χ3n) is 5.56. The van der Waals surface area contributed by atoms with E-state index in [2.05, 4.69) is 41.4 Å². The monoisotopic (exact) mass is 366 g/mol. The van der Waals surface area contributed by atoms with E-state index in [-0.39, 0.29) is 5.78 Å². The van der Waals surface area contributed by atoms with Crippen LogP contribution in [-0.2, 0) is 11.2 Å². The molecule has 1 atom stereocenters. The van der Waals surface area contributed by atoms with Crippen LogP contribution in [0.15, 0.2) is 54.6 Å². The van der Waals surface area contributed by atoms with E-state index in [0.29, 0.717) is 6.54 Å². The number of ketones is 1. The van der Waals surface area contributed by atoms with E-state index < -0.39 is 5.41 Å². The Morgan fingerprint density at radius 1 is 1.07 bits per heavy atom. The first kappa shape index (κ1) is 19.6. The first-order valence-electron chi connectivity index (χ1n) is 9.84. The fourth-order valence-electron chi connectivity index (χ4n) is 3.91. The van der Waals surface area contributed by atoms with Crippen LogP contribution in [0.1, 0.15) is 29.3 Å². The van der Waals surface area contributed by atoms with Gasteiger partial charge in [-0.3, -0.25) is 4.79 Å². The summed E-state index contributed by atoms with van der Waals surface area (Å²) in [7, 11) is 1.92. The Bertz CT molecular complexity index is 724. The zero-order chi connectivity index (χ0) is 19.1. The van der Waals surface area contributed by atoms with E-state index in [1.54, 1.807) is 0 Å². The summed E-state index contributed by atoms with van der Waals surface area (Å²) in [5, 5.41) is 3.25. The lowest BCUT2D eigenvalue weighted by atomic mass is 9.73. The number of ether oxygens (including phenoxy) is 1. The minimum Gasteiger partial charge on any atom is -0.378 e. The summed E-state index contributed by atoms with van der Waals surface area (Å²) in [4.78, 5) is 15.8. The van der Waals surface area contributed by atoms with E-state index in [0.717, 1.165) is 50.4 Å². The normalized spacial score (nSPS) is 16.7. The highest BCUT2D eigenvalue weighted by Gasteiger charge is 2.36. The number of benzene rings is 2. The zero-order valence-corrected chi connectivity index (χ0v) is 16.4. The van der Waals surface area contributed by atoms with Crippen molar-refractivity contribution in [3.8, 4) is 0 Å². The highest BCUT2D eigenvalue weighted by atomic mass is 16.5. The molecule has 0 saturated carbocycles. The zero-order valence-electron chi connectivity index (χ0n) is 16.4. The van der Waals surface area contributed by atoms with Gasteiger partial charge in [0.15, 0.2) is 5.78 Å². The first-order valence-corrected chi connectivity index (χ1v) is 9.84. The molecule has 2 aromatic carbocycles. The van der Waals surface area contributed by atoms with Crippen molar-refractivity contribution in [3.05, 3.63) is 65.7 Å². The number of rotatable bonds is 8. The minimum atomic E-state index is -0.434. The molecule has 1 fully saturated rings. The molecule has 4 heteroatoms. The second-order valence-corrected chi connectivity index (χ2v) is 7.30. The summed E-state index contributed by atoms with van der Waals surface area (Å²) in [6, 6.07) is 18.4. The number of anilines is 1. The summed E-state index contributed by atoms with van der Waals surface area (Å²) < 4.78 is 5.42. The molecule has 0 aliphatic carbocycles. The molecule has 1 heterocycles. The largest absolute Gasteiger partial charge is 0.378 e. The molecule has 1 aliphatic heterocycles. The molecule has 0 amide bonds. The molecule has 0 bridgehead atoms. The van der Waals surface area contributed by atoms with Gasteiger partial charge in [-0.25, -0.2) is 0 Å². The van der Waals surface area contributed by atoms with Crippen molar-refractivity contribution in [3.63, 3.8) is 0 Å². The highest BCUT2D eigenvalue weighted by molar-refractivity contribution is 6.01. The molecule has 27 heavy (non-hydrogen) atoms. The smallest absolute Gasteiger partial charge is 0.170 e. The fourth-order valence-corrected chi connectivity index (χ4v) is 3.91. The van der Waals surface area contributed by atoms with Gasteiger partial charge in [-0.2, -0.15) is 0 Å². The number of nitrogens with one attached hydrogen (secondary N) is 1. The van der Waals surface area contributed by atoms with Gasteiger partial charge in [0.1, 0.15) is 0 Å². The van der Waals surface area contributed by atoms with Crippen molar-refractivity contribution in [1.29, 1.82) is 0 Å². The number of nitrogens with zero attached hydrogens (tertiary/aromatic N) is 1. The van der Waals surface area contributed by atoms with Crippen LogP contribution in [0.2, 0.25) is 0 Å². The molecular formula is C23H30N2O2. The highest BCUT2D eigenvalue weighted by Crippen LogP contribution is 2.32. The Morgan fingerprint density at radius 3 is 2.33 bits per heavy atom. The molecule has 1 unspecified atom stereocenters. The molecule has 3 rings (SSSR count). The van der Waals surface area contributed by atoms with Crippen LogP contribution < -0.4 is 10.2 Å². The summed E-state index contributed by atoms with van der Waals surface area (Å²) in [5.74, 6) is 0.219. The second-order valence-electron chi connectivity index (χ2n) is 7.30. The van der Waals surface area contributed by atoms with E-state index in [4.69, 9.17) is 4.74 Å². The topological polar surface area (TPSA) is 41.6 Å². The molecule has 2 aromatic rings. The average Bonchev–Trinajstić information content (AvgIpc) is 2.74. The van der Waals surface area contributed by atoms with Crippen LogP contribution in [0.3, 0.4) is 0 Å². The van der Waals surface area contributed by atoms with Crippen molar-refractivity contribution in [2.45, 2.75) is 19.8 Å². The third-order valence-corrected chi connectivity index (χ3v) is 5.56. The Morgan fingerprint density at radius 2 is 1.74 bits per heavy atom. The van der Waals surface area contributed by atoms with Crippen molar-refractivity contribution in [2.75, 3.05) is 44.8 Å². The number of morpholine rings is 1. The van der Waals surface area contributed by atoms with Gasteiger partial charge >= 0.3 is 0 Å². The standard InChI is InChI=1S/C23H30N2O2/c1-3-23(18-24-2,17-19-7-5-4-6-8-19)22(26)20-9-11-21(12-10-20)25-13-15-27-16-14-25/h4-12,24H,3,13-18H2,1-2H3. The Balaban J connectivity index is 1.82. The van der Waals surface area contributed by atoms with Gasteiger partial charge in [0.25, 0.3) is 0 Å². The predicted octanol–water partition coefficient (Wildman–Crippen LogP) is 3.56. The van der Waals surface area contributed by atoms with E-state index >= 15 is 0 Å². The van der Waals surface area contributed by atoms with Gasteiger partial charge in [0.2, 0.25) is 0 Å². The van der Waals surface area contributed by atoms with Gasteiger partial charge in [-0.15, -0.1) is 0 Å². The number of carbonyl (C=O) groups excluding carboxylic acids is 1. The van der Waals surface area contributed by atoms with E-state index in [9.17, 15) is 4.79 Å². The van der Waals surface area contributed by atoms with Crippen molar-refractivity contribution < 1.29 is 9.53 Å². The van der Waals surface area contributed by atoms with Crippen LogP contribution in [-0.4, -0.2) is 45.7 Å². The summed E-state index contributed by atoms with van der Waals surface area (Å²) in [6.07, 6.45) is 1.54. The van der Waals surface area contributed by atoms with E-state index in [1.165, 1.54) is 5.56 Å². The second kappa shape index (κ2) is 9.16. The number of hydrogen-bond acceptors (Lipinski definition) is 4. The van der Waals surface area contributed by atoms with Gasteiger partial charge in [-0.05, 0) is 49.7 Å². The average molecular weight is 367 g/mol. The van der Waals surface area contributed by atoms with Crippen LogP contribution in [0.5, 0.6) is 0 Å². The molecule has 144 valence electrons. The maximum absolute atomic E-state index is 13.5. The fraction of sp³-hybridized carbons (Fsp3) is 0.435. The maximum atomic E-state index is 13.5. The molecule has 1 aliphatic rings. The van der Waals surface area contributed by atoms with Crippen molar-refractivity contribution >= 4 is 11.5 Å². The third kappa shape index (κ3) is 4.57.